The Labute approximate surface area is 114 Å². The molecular weight excluding hydrogens is 327 g/mol. The Morgan fingerprint density at radius 3 is 2.32 bits per heavy atom. The average molecular weight is 334 g/mol. The molecule has 0 fully saturated rings. The zero-order valence-corrected chi connectivity index (χ0v) is 10.9. The molecule has 0 unspecified atom stereocenters. The molecule has 1 aromatic carbocycles. The highest BCUT2D eigenvalue weighted by molar-refractivity contribution is 9.10. The van der Waals surface area contributed by atoms with E-state index in [0.29, 0.717) is 11.8 Å². The number of benzene rings is 1. The lowest BCUT2D eigenvalue weighted by Crippen LogP contribution is -2.11. The van der Waals surface area contributed by atoms with Crippen molar-refractivity contribution in [3.8, 4) is 11.6 Å². The molecule has 0 aliphatic heterocycles. The number of nitrogen functional groups attached to an aromatic ring is 1. The highest BCUT2D eigenvalue weighted by Gasteiger charge is 2.33. The molecule has 19 heavy (non-hydrogen) atoms. The molecule has 0 saturated heterocycles. The summed E-state index contributed by atoms with van der Waals surface area (Å²) in [4.78, 5) is 6.71. The standard InChI is InChI=1S/C11H7BrF3N3O/c12-6-1-3-7(4-2-6)19-9-5-8(11(13,14)15)17-10(16)18-9/h1-5H,(H2,16,17,18). The Hall–Kier alpha value is -1.83. The number of nitrogens with zero attached hydrogens (tertiary/aromatic N) is 2. The van der Waals surface area contributed by atoms with Gasteiger partial charge in [-0.05, 0) is 24.3 Å². The Morgan fingerprint density at radius 1 is 1.11 bits per heavy atom. The van der Waals surface area contributed by atoms with Crippen molar-refractivity contribution in [2.75, 3.05) is 5.73 Å². The van der Waals surface area contributed by atoms with E-state index < -0.39 is 17.8 Å². The third-order valence-corrected chi connectivity index (χ3v) is 2.58. The molecule has 0 aliphatic rings. The monoisotopic (exact) mass is 333 g/mol. The second-order valence-electron chi connectivity index (χ2n) is 3.50. The third-order valence-electron chi connectivity index (χ3n) is 2.05. The molecule has 0 bridgehead atoms. The second kappa shape index (κ2) is 5.04. The summed E-state index contributed by atoms with van der Waals surface area (Å²) >= 11 is 3.23. The molecule has 100 valence electrons. The summed E-state index contributed by atoms with van der Waals surface area (Å²) in [6, 6.07) is 7.22. The number of ether oxygens (including phenoxy) is 1. The maximum absolute atomic E-state index is 12.5. The normalized spacial score (nSPS) is 11.4. The van der Waals surface area contributed by atoms with E-state index >= 15 is 0 Å². The number of hydrogen-bond donors (Lipinski definition) is 1. The maximum Gasteiger partial charge on any atom is 0.433 e. The number of anilines is 1. The van der Waals surface area contributed by atoms with Gasteiger partial charge in [0.1, 0.15) is 5.75 Å². The summed E-state index contributed by atoms with van der Waals surface area (Å²) in [6.07, 6.45) is -4.60. The van der Waals surface area contributed by atoms with Gasteiger partial charge in [-0.15, -0.1) is 0 Å². The molecule has 0 amide bonds. The average Bonchev–Trinajstić information content (AvgIpc) is 2.30. The summed E-state index contributed by atoms with van der Waals surface area (Å²) in [5.41, 5.74) is 4.08. The smallest absolute Gasteiger partial charge is 0.433 e. The van der Waals surface area contributed by atoms with E-state index in [1.54, 1.807) is 24.3 Å². The number of aromatic nitrogens is 2. The van der Waals surface area contributed by atoms with Crippen LogP contribution < -0.4 is 10.5 Å². The molecule has 1 heterocycles. The highest BCUT2D eigenvalue weighted by atomic mass is 79.9. The van der Waals surface area contributed by atoms with E-state index in [1.165, 1.54) is 0 Å². The Morgan fingerprint density at radius 2 is 1.74 bits per heavy atom. The first-order valence-electron chi connectivity index (χ1n) is 5.00. The first-order chi connectivity index (χ1) is 8.84. The van der Waals surface area contributed by atoms with Crippen LogP contribution in [0.2, 0.25) is 0 Å². The van der Waals surface area contributed by atoms with Crippen molar-refractivity contribution in [1.82, 2.24) is 9.97 Å². The van der Waals surface area contributed by atoms with Crippen molar-refractivity contribution in [2.45, 2.75) is 6.18 Å². The van der Waals surface area contributed by atoms with Gasteiger partial charge in [-0.2, -0.15) is 18.2 Å². The fourth-order valence-corrected chi connectivity index (χ4v) is 1.53. The molecule has 0 saturated carbocycles. The summed E-state index contributed by atoms with van der Waals surface area (Å²) in [5.74, 6) is -0.418. The van der Waals surface area contributed by atoms with Crippen LogP contribution in [0, 0.1) is 0 Å². The fourth-order valence-electron chi connectivity index (χ4n) is 1.26. The van der Waals surface area contributed by atoms with Crippen molar-refractivity contribution in [1.29, 1.82) is 0 Å². The van der Waals surface area contributed by atoms with E-state index in [-0.39, 0.29) is 5.88 Å². The molecule has 4 nitrogen and oxygen atoms in total. The Kier molecular flexibility index (Phi) is 3.61. The minimum atomic E-state index is -4.60. The van der Waals surface area contributed by atoms with E-state index in [2.05, 4.69) is 25.9 Å². The molecule has 2 rings (SSSR count). The van der Waals surface area contributed by atoms with Crippen LogP contribution in [0.4, 0.5) is 19.1 Å². The molecule has 0 aliphatic carbocycles. The largest absolute Gasteiger partial charge is 0.439 e. The van der Waals surface area contributed by atoms with Crippen LogP contribution in [0.3, 0.4) is 0 Å². The molecule has 0 spiro atoms. The lowest BCUT2D eigenvalue weighted by molar-refractivity contribution is -0.141. The predicted molar refractivity (Wildman–Crippen MR) is 65.7 cm³/mol. The molecule has 1 aromatic heterocycles. The molecule has 8 heteroatoms. The van der Waals surface area contributed by atoms with Crippen molar-refractivity contribution in [3.05, 3.63) is 40.5 Å². The van der Waals surface area contributed by atoms with Gasteiger partial charge in [-0.25, -0.2) is 4.98 Å². The summed E-state index contributed by atoms with van der Waals surface area (Å²) in [7, 11) is 0. The third kappa shape index (κ3) is 3.57. The SMILES string of the molecule is Nc1nc(Oc2ccc(Br)cc2)cc(C(F)(F)F)n1. The van der Waals surface area contributed by atoms with Crippen LogP contribution in [0.25, 0.3) is 0 Å². The van der Waals surface area contributed by atoms with Crippen molar-refractivity contribution >= 4 is 21.9 Å². The molecule has 0 atom stereocenters. The fraction of sp³-hybridized carbons (Fsp3) is 0.0909. The van der Waals surface area contributed by atoms with Crippen LogP contribution in [-0.2, 0) is 6.18 Å². The highest BCUT2D eigenvalue weighted by Crippen LogP contribution is 2.31. The van der Waals surface area contributed by atoms with Crippen molar-refractivity contribution < 1.29 is 17.9 Å². The van der Waals surface area contributed by atoms with Crippen molar-refractivity contribution in [2.24, 2.45) is 0 Å². The summed E-state index contributed by atoms with van der Waals surface area (Å²) in [6.45, 7) is 0. The van der Waals surface area contributed by atoms with Crippen LogP contribution in [0.1, 0.15) is 5.69 Å². The zero-order valence-electron chi connectivity index (χ0n) is 9.28. The van der Waals surface area contributed by atoms with Gasteiger partial charge in [0.05, 0.1) is 0 Å². The lowest BCUT2D eigenvalue weighted by Gasteiger charge is -2.09. The van der Waals surface area contributed by atoms with Gasteiger partial charge in [0.2, 0.25) is 11.8 Å². The Balaban J connectivity index is 2.30. The van der Waals surface area contributed by atoms with Gasteiger partial charge in [0.25, 0.3) is 0 Å². The Bertz CT molecular complexity index is 587. The van der Waals surface area contributed by atoms with E-state index in [0.717, 1.165) is 4.47 Å². The number of nitrogens with two attached hydrogens (primary N) is 1. The van der Waals surface area contributed by atoms with Gasteiger partial charge >= 0.3 is 6.18 Å². The quantitative estimate of drug-likeness (QED) is 0.911. The number of hydrogen-bond acceptors (Lipinski definition) is 4. The van der Waals surface area contributed by atoms with Gasteiger partial charge < -0.3 is 10.5 Å². The van der Waals surface area contributed by atoms with Crippen LogP contribution in [0.15, 0.2) is 34.8 Å². The predicted octanol–water partition coefficient (Wildman–Crippen LogP) is 3.63. The molecule has 2 N–H and O–H groups in total. The summed E-state index contributed by atoms with van der Waals surface area (Å²) < 4.78 is 43.6. The van der Waals surface area contributed by atoms with E-state index in [9.17, 15) is 13.2 Å². The van der Waals surface area contributed by atoms with Crippen LogP contribution in [0.5, 0.6) is 11.6 Å². The van der Waals surface area contributed by atoms with Gasteiger partial charge in [0, 0.05) is 10.5 Å². The minimum absolute atomic E-state index is 0.262. The molecule has 2 aromatic rings. The van der Waals surface area contributed by atoms with Crippen LogP contribution in [-0.4, -0.2) is 9.97 Å². The zero-order chi connectivity index (χ0) is 14.0. The topological polar surface area (TPSA) is 61.0 Å². The first-order valence-corrected chi connectivity index (χ1v) is 5.79. The first kappa shape index (κ1) is 13.6. The molecule has 0 radical (unpaired) electrons. The van der Waals surface area contributed by atoms with Gasteiger partial charge in [-0.3, -0.25) is 0 Å². The van der Waals surface area contributed by atoms with Crippen LogP contribution >= 0.6 is 15.9 Å². The maximum atomic E-state index is 12.5. The van der Waals surface area contributed by atoms with E-state index in [4.69, 9.17) is 10.5 Å². The van der Waals surface area contributed by atoms with Crippen molar-refractivity contribution in [3.63, 3.8) is 0 Å². The minimum Gasteiger partial charge on any atom is -0.439 e. The number of alkyl halides is 3. The summed E-state index contributed by atoms with van der Waals surface area (Å²) in [5, 5.41) is 0. The van der Waals surface area contributed by atoms with Gasteiger partial charge in [-0.1, -0.05) is 15.9 Å². The lowest BCUT2D eigenvalue weighted by atomic mass is 10.3. The van der Waals surface area contributed by atoms with E-state index in [1.807, 2.05) is 0 Å². The van der Waals surface area contributed by atoms with Gasteiger partial charge in [0.15, 0.2) is 5.69 Å². The molecular formula is C11H7BrF3N3O. The second-order valence-corrected chi connectivity index (χ2v) is 4.42. The number of rotatable bonds is 2. The number of halogens is 4.